The van der Waals surface area contributed by atoms with E-state index in [1.54, 1.807) is 13.8 Å². The van der Waals surface area contributed by atoms with Crippen LogP contribution >= 0.6 is 0 Å². The number of carbonyl (C=O) groups is 1. The highest BCUT2D eigenvalue weighted by Gasteiger charge is 2.27. The molecule has 0 saturated carbocycles. The van der Waals surface area contributed by atoms with Gasteiger partial charge in [-0.2, -0.15) is 4.73 Å². The molecule has 0 aliphatic rings. The molecule has 1 aromatic heterocycles. The molecule has 0 unspecified atom stereocenters. The Kier molecular flexibility index (Phi) is 4.93. The standard InChI is InChI=1S/C16H16FNO4/c1-3-21-14-10-9-13(11-5-7-12(17)8-6-11)18(20)15(14)16(19)22-4-2/h5-10H,3-4H2,1-2H3. The Morgan fingerprint density at radius 3 is 2.41 bits per heavy atom. The van der Waals surface area contributed by atoms with E-state index in [9.17, 15) is 14.4 Å². The first-order valence-corrected chi connectivity index (χ1v) is 6.90. The highest BCUT2D eigenvalue weighted by molar-refractivity contribution is 5.89. The van der Waals surface area contributed by atoms with Crippen LogP contribution in [0.1, 0.15) is 24.3 Å². The lowest BCUT2D eigenvalue weighted by Gasteiger charge is -2.12. The van der Waals surface area contributed by atoms with Crippen molar-refractivity contribution in [3.8, 4) is 17.0 Å². The van der Waals surface area contributed by atoms with Gasteiger partial charge in [-0.05, 0) is 44.2 Å². The van der Waals surface area contributed by atoms with Crippen LogP contribution in [0.4, 0.5) is 4.39 Å². The van der Waals surface area contributed by atoms with Crippen LogP contribution in [0, 0.1) is 11.0 Å². The van der Waals surface area contributed by atoms with Crippen LogP contribution in [-0.2, 0) is 4.74 Å². The smallest absolute Gasteiger partial charge is 0.409 e. The molecule has 0 spiro atoms. The molecule has 0 aliphatic heterocycles. The number of esters is 1. The number of aromatic nitrogens is 1. The van der Waals surface area contributed by atoms with Crippen molar-refractivity contribution >= 4 is 5.97 Å². The Labute approximate surface area is 127 Å². The van der Waals surface area contributed by atoms with Crippen LogP contribution in [0.3, 0.4) is 0 Å². The molecule has 0 bridgehead atoms. The molecule has 0 amide bonds. The molecule has 22 heavy (non-hydrogen) atoms. The number of carbonyl (C=O) groups excluding carboxylic acids is 1. The van der Waals surface area contributed by atoms with E-state index >= 15 is 0 Å². The summed E-state index contributed by atoms with van der Waals surface area (Å²) < 4.78 is 23.7. The van der Waals surface area contributed by atoms with Gasteiger partial charge in [0.05, 0.1) is 13.2 Å². The van der Waals surface area contributed by atoms with E-state index in [2.05, 4.69) is 0 Å². The van der Waals surface area contributed by atoms with Crippen LogP contribution in [0.2, 0.25) is 0 Å². The Morgan fingerprint density at radius 2 is 1.82 bits per heavy atom. The fourth-order valence-corrected chi connectivity index (χ4v) is 2.01. The number of rotatable bonds is 5. The lowest BCUT2D eigenvalue weighted by atomic mass is 10.1. The maximum atomic E-state index is 13.0. The number of ether oxygens (including phenoxy) is 2. The number of hydrogen-bond donors (Lipinski definition) is 0. The fourth-order valence-electron chi connectivity index (χ4n) is 2.01. The predicted octanol–water partition coefficient (Wildman–Crippen LogP) is 2.70. The predicted molar refractivity (Wildman–Crippen MR) is 77.9 cm³/mol. The first-order valence-electron chi connectivity index (χ1n) is 6.90. The first kappa shape index (κ1) is 15.8. The minimum atomic E-state index is -0.759. The minimum Gasteiger partial charge on any atom is -0.618 e. The second kappa shape index (κ2) is 6.89. The number of hydrogen-bond acceptors (Lipinski definition) is 4. The zero-order valence-electron chi connectivity index (χ0n) is 12.3. The Morgan fingerprint density at radius 1 is 1.14 bits per heavy atom. The fraction of sp³-hybridized carbons (Fsp3) is 0.250. The van der Waals surface area contributed by atoms with Crippen LogP contribution in [0.25, 0.3) is 11.3 Å². The second-order valence-electron chi connectivity index (χ2n) is 4.39. The molecule has 116 valence electrons. The second-order valence-corrected chi connectivity index (χ2v) is 4.39. The summed E-state index contributed by atoms with van der Waals surface area (Å²) in [5.74, 6) is -1.01. The van der Waals surface area contributed by atoms with Gasteiger partial charge in [0.2, 0.25) is 11.4 Å². The molecule has 0 fully saturated rings. The summed E-state index contributed by atoms with van der Waals surface area (Å²) >= 11 is 0. The molecular formula is C16H16FNO4. The van der Waals surface area contributed by atoms with Crippen molar-refractivity contribution in [2.24, 2.45) is 0 Å². The molecular weight excluding hydrogens is 289 g/mol. The van der Waals surface area contributed by atoms with Crippen molar-refractivity contribution in [3.63, 3.8) is 0 Å². The highest BCUT2D eigenvalue weighted by atomic mass is 19.1. The quantitative estimate of drug-likeness (QED) is 0.484. The van der Waals surface area contributed by atoms with E-state index in [-0.39, 0.29) is 23.7 Å². The Balaban J connectivity index is 2.55. The molecule has 0 aliphatic carbocycles. The van der Waals surface area contributed by atoms with Gasteiger partial charge in [0.25, 0.3) is 0 Å². The van der Waals surface area contributed by atoms with Gasteiger partial charge in [-0.1, -0.05) is 0 Å². The summed E-state index contributed by atoms with van der Waals surface area (Å²) in [5, 5.41) is 12.5. The molecule has 1 heterocycles. The van der Waals surface area contributed by atoms with E-state index in [0.717, 1.165) is 0 Å². The van der Waals surface area contributed by atoms with Crippen LogP contribution < -0.4 is 9.47 Å². The Hall–Kier alpha value is -2.63. The topological polar surface area (TPSA) is 62.5 Å². The van der Waals surface area contributed by atoms with Crippen molar-refractivity contribution in [2.75, 3.05) is 13.2 Å². The van der Waals surface area contributed by atoms with Gasteiger partial charge in [-0.15, -0.1) is 0 Å². The van der Waals surface area contributed by atoms with Gasteiger partial charge in [0.15, 0.2) is 0 Å². The molecule has 5 nitrogen and oxygen atoms in total. The maximum absolute atomic E-state index is 13.0. The zero-order valence-corrected chi connectivity index (χ0v) is 12.3. The maximum Gasteiger partial charge on any atom is 0.409 e. The molecule has 0 N–H and O–H groups in total. The van der Waals surface area contributed by atoms with Crippen molar-refractivity contribution in [1.82, 2.24) is 0 Å². The van der Waals surface area contributed by atoms with Crippen molar-refractivity contribution in [3.05, 3.63) is 53.1 Å². The van der Waals surface area contributed by atoms with E-state index < -0.39 is 11.8 Å². The molecule has 0 saturated heterocycles. The van der Waals surface area contributed by atoms with Crippen LogP contribution in [0.5, 0.6) is 5.75 Å². The Bertz CT molecular complexity index is 671. The normalized spacial score (nSPS) is 10.3. The third-order valence-corrected chi connectivity index (χ3v) is 2.96. The van der Waals surface area contributed by atoms with E-state index in [4.69, 9.17) is 9.47 Å². The lowest BCUT2D eigenvalue weighted by Crippen LogP contribution is -2.38. The summed E-state index contributed by atoms with van der Waals surface area (Å²) in [5.41, 5.74) is 0.488. The van der Waals surface area contributed by atoms with Gasteiger partial charge in [0.1, 0.15) is 5.82 Å². The van der Waals surface area contributed by atoms with Crippen LogP contribution in [-0.4, -0.2) is 19.2 Å². The summed E-state index contributed by atoms with van der Waals surface area (Å²) in [6.07, 6.45) is 0. The minimum absolute atomic E-state index is 0.144. The zero-order chi connectivity index (χ0) is 16.1. The van der Waals surface area contributed by atoms with Gasteiger partial charge in [-0.3, -0.25) is 0 Å². The number of pyridine rings is 1. The number of halogens is 1. The summed E-state index contributed by atoms with van der Waals surface area (Å²) in [6, 6.07) is 8.48. The largest absolute Gasteiger partial charge is 0.618 e. The summed E-state index contributed by atoms with van der Waals surface area (Å²) in [7, 11) is 0. The third-order valence-electron chi connectivity index (χ3n) is 2.96. The van der Waals surface area contributed by atoms with E-state index in [0.29, 0.717) is 16.9 Å². The SMILES string of the molecule is CCOC(=O)c1c(OCC)ccc(-c2ccc(F)cc2)[n+]1[O-]. The van der Waals surface area contributed by atoms with Gasteiger partial charge >= 0.3 is 11.7 Å². The number of benzene rings is 1. The van der Waals surface area contributed by atoms with Crippen LogP contribution in [0.15, 0.2) is 36.4 Å². The van der Waals surface area contributed by atoms with Gasteiger partial charge < -0.3 is 14.7 Å². The molecule has 2 rings (SSSR count). The molecule has 1 aromatic carbocycles. The molecule has 0 atom stereocenters. The van der Waals surface area contributed by atoms with Gasteiger partial charge in [-0.25, -0.2) is 9.18 Å². The average molecular weight is 305 g/mol. The monoisotopic (exact) mass is 305 g/mol. The van der Waals surface area contributed by atoms with Crippen molar-refractivity contribution < 1.29 is 23.4 Å². The van der Waals surface area contributed by atoms with Gasteiger partial charge in [0, 0.05) is 11.6 Å². The lowest BCUT2D eigenvalue weighted by molar-refractivity contribution is -0.597. The van der Waals surface area contributed by atoms with E-state index in [1.165, 1.54) is 36.4 Å². The first-order chi connectivity index (χ1) is 10.6. The van der Waals surface area contributed by atoms with Crippen molar-refractivity contribution in [2.45, 2.75) is 13.8 Å². The molecule has 0 radical (unpaired) electrons. The number of nitrogens with zero attached hydrogens (tertiary/aromatic N) is 1. The summed E-state index contributed by atoms with van der Waals surface area (Å²) in [6.45, 7) is 3.85. The summed E-state index contributed by atoms with van der Waals surface area (Å²) in [4.78, 5) is 12.0. The molecule has 6 heteroatoms. The average Bonchev–Trinajstić information content (AvgIpc) is 2.49. The molecule has 2 aromatic rings. The third kappa shape index (κ3) is 3.16. The highest BCUT2D eigenvalue weighted by Crippen LogP contribution is 2.22. The van der Waals surface area contributed by atoms with Crippen molar-refractivity contribution in [1.29, 1.82) is 0 Å². The van der Waals surface area contributed by atoms with E-state index in [1.807, 2.05) is 0 Å².